The Morgan fingerprint density at radius 2 is 1.42 bits per heavy atom. The molecule has 22 heteroatoms. The number of aliphatic carboxylic acids is 2. The molecule has 2 aliphatic heterocycles. The van der Waals surface area contributed by atoms with Gasteiger partial charge >= 0.3 is 11.9 Å². The number of pyridine rings is 1. The minimum atomic E-state index is -1.11. The molecule has 0 saturated carbocycles. The predicted molar refractivity (Wildman–Crippen MR) is 206 cm³/mol. The molecule has 308 valence electrons. The van der Waals surface area contributed by atoms with Crippen molar-refractivity contribution < 1.29 is 49.7 Å². The first-order chi connectivity index (χ1) is 24.1. The number of hydrogen-bond donors (Lipinski definition) is 13. The van der Waals surface area contributed by atoms with Gasteiger partial charge in [0.2, 0.25) is 0 Å². The fourth-order valence-electron chi connectivity index (χ4n) is 4.62. The molecule has 4 rings (SSSR count). The fourth-order valence-corrected chi connectivity index (χ4v) is 6.81. The van der Waals surface area contributed by atoms with Crippen LogP contribution in [0, 0.1) is 5.92 Å². The van der Waals surface area contributed by atoms with Gasteiger partial charge in [0.1, 0.15) is 48.2 Å². The summed E-state index contributed by atoms with van der Waals surface area (Å²) in [6.07, 6.45) is -2.12. The van der Waals surface area contributed by atoms with Gasteiger partial charge in [0.25, 0.3) is 0 Å². The number of imidazole rings is 1. The van der Waals surface area contributed by atoms with E-state index >= 15 is 0 Å². The van der Waals surface area contributed by atoms with Gasteiger partial charge in [0, 0.05) is 24.2 Å². The second kappa shape index (κ2) is 25.6. The lowest BCUT2D eigenvalue weighted by atomic mass is 10.1. The number of nitrogens with two attached hydrogens (primary N) is 4. The molecule has 2 saturated heterocycles. The molecule has 0 bridgehead atoms. The summed E-state index contributed by atoms with van der Waals surface area (Å²) in [4.78, 5) is 29.9. The number of thioether (sulfide) groups is 2. The van der Waals surface area contributed by atoms with Crippen molar-refractivity contribution >= 4 is 52.3 Å². The van der Waals surface area contributed by atoms with Crippen molar-refractivity contribution in [1.29, 1.82) is 0 Å². The zero-order chi connectivity index (χ0) is 38.2. The van der Waals surface area contributed by atoms with Crippen molar-refractivity contribution in [3.05, 3.63) is 18.6 Å². The number of anilines is 1. The van der Waals surface area contributed by atoms with E-state index in [0.29, 0.717) is 53.1 Å². The summed E-state index contributed by atoms with van der Waals surface area (Å²) in [6, 6.07) is 0.0126. The summed E-state index contributed by atoms with van der Waals surface area (Å²) in [6.45, 7) is 7.83. The van der Waals surface area contributed by atoms with E-state index < -0.39 is 73.1 Å². The van der Waals surface area contributed by atoms with Crippen molar-refractivity contribution in [2.45, 2.75) is 101 Å². The maximum absolute atomic E-state index is 10.8. The van der Waals surface area contributed by atoms with E-state index in [1.807, 2.05) is 0 Å². The van der Waals surface area contributed by atoms with E-state index in [4.69, 9.17) is 42.6 Å². The molecule has 0 radical (unpaired) electrons. The van der Waals surface area contributed by atoms with Crippen LogP contribution in [0.4, 0.5) is 5.82 Å². The Morgan fingerprint density at radius 1 is 0.906 bits per heavy atom. The van der Waals surface area contributed by atoms with Gasteiger partial charge in [-0.1, -0.05) is 20.8 Å². The third kappa shape index (κ3) is 15.7. The number of hydrogen-bond acceptors (Lipinski definition) is 19. The molecule has 2 fully saturated rings. The quantitative estimate of drug-likeness (QED) is 0.0876. The zero-order valence-electron chi connectivity index (χ0n) is 30.6. The second-order valence-electron chi connectivity index (χ2n) is 12.5. The van der Waals surface area contributed by atoms with Crippen LogP contribution in [0.5, 0.6) is 0 Å². The first-order valence-electron chi connectivity index (χ1n) is 16.8. The van der Waals surface area contributed by atoms with Crippen LogP contribution in [0.2, 0.25) is 0 Å². The van der Waals surface area contributed by atoms with Crippen LogP contribution < -0.4 is 40.6 Å². The molecule has 21 N–H and O–H groups in total. The van der Waals surface area contributed by atoms with Gasteiger partial charge in [0.15, 0.2) is 12.0 Å². The van der Waals surface area contributed by atoms with Crippen LogP contribution in [0.3, 0.4) is 0 Å². The van der Waals surface area contributed by atoms with Crippen molar-refractivity contribution in [2.75, 3.05) is 41.4 Å². The molecule has 53 heavy (non-hydrogen) atoms. The first-order valence-corrected chi connectivity index (χ1v) is 19.1. The third-order valence-electron chi connectivity index (χ3n) is 7.86. The van der Waals surface area contributed by atoms with Crippen LogP contribution in [0.25, 0.3) is 11.0 Å². The lowest BCUT2D eigenvalue weighted by Crippen LogP contribution is -2.36. The van der Waals surface area contributed by atoms with Gasteiger partial charge < -0.3 is 85.2 Å². The molecule has 0 amide bonds. The number of aliphatic hydroxyl groups is 4. The highest BCUT2D eigenvalue weighted by atomic mass is 32.2. The van der Waals surface area contributed by atoms with Crippen LogP contribution in [0.15, 0.2) is 18.6 Å². The smallest absolute Gasteiger partial charge is 0.320 e. The maximum atomic E-state index is 10.8. The number of carboxylic acids is 2. The number of rotatable bonds is 17. The highest BCUT2D eigenvalue weighted by Gasteiger charge is 2.44. The number of nitrogens with one attached hydrogen (secondary N) is 1. The largest absolute Gasteiger partial charge is 0.480 e. The molecular formula is C31H62N10O10S2. The molecule has 0 aliphatic carbocycles. The van der Waals surface area contributed by atoms with Crippen molar-refractivity contribution in [3.63, 3.8) is 0 Å². The highest BCUT2D eigenvalue weighted by molar-refractivity contribution is 7.99. The van der Waals surface area contributed by atoms with Gasteiger partial charge in [-0.05, 0) is 49.3 Å². The van der Waals surface area contributed by atoms with E-state index in [1.165, 1.54) is 23.5 Å². The van der Waals surface area contributed by atoms with E-state index in [-0.39, 0.29) is 12.3 Å². The average Bonchev–Trinajstić information content (AvgIpc) is 3.73. The summed E-state index contributed by atoms with van der Waals surface area (Å²) in [5, 5.41) is 60.4. The van der Waals surface area contributed by atoms with Crippen molar-refractivity contribution in [3.8, 4) is 0 Å². The Morgan fingerprint density at radius 3 is 1.87 bits per heavy atom. The van der Waals surface area contributed by atoms with E-state index in [1.54, 1.807) is 23.2 Å². The normalized spacial score (nSPS) is 26.0. The monoisotopic (exact) mass is 798 g/mol. The zero-order valence-corrected chi connectivity index (χ0v) is 32.3. The standard InChI is InChI=1S/C18H27N5O5S.C9H18N2O5S.C4H11N.2H3N/c1-2-5-20-16-13-11(3-6-21-16)23(9-22-13)17-15(25)14(24)12(28-17)8-29-7-4-10(19)18(26)27;10-4(9(14)15)1-2-17-3-5-6(12)7(13)8(11)16-5;1-4(2)3-5;;/h3,6,9-10,12,14-15,17,24-25H,2,4-5,7-8,19H2,1H3,(H,20,21)(H,26,27);4-8,12-13H,1-3,10-11H2,(H,14,15);4H,3,5H2,1-2H3;2*1H3. The summed E-state index contributed by atoms with van der Waals surface area (Å²) in [5.41, 5.74) is 22.8. The molecule has 10 unspecified atom stereocenters. The third-order valence-corrected chi connectivity index (χ3v) is 10.0. The second-order valence-corrected chi connectivity index (χ2v) is 14.8. The Kier molecular flexibility index (Phi) is 24.5. The number of carbonyl (C=O) groups is 2. The molecular weight excluding hydrogens is 737 g/mol. The number of fused-ring (bicyclic) bond motifs is 1. The lowest BCUT2D eigenvalue weighted by molar-refractivity contribution is -0.139. The molecule has 10 atom stereocenters. The summed E-state index contributed by atoms with van der Waals surface area (Å²) >= 11 is 2.84. The molecule has 2 aromatic rings. The Bertz CT molecular complexity index is 1340. The van der Waals surface area contributed by atoms with Gasteiger partial charge in [0.05, 0.1) is 24.1 Å². The topological polar surface area (TPSA) is 391 Å². The van der Waals surface area contributed by atoms with Crippen LogP contribution in [0.1, 0.15) is 46.3 Å². The van der Waals surface area contributed by atoms with Crippen LogP contribution >= 0.6 is 23.5 Å². The van der Waals surface area contributed by atoms with Crippen molar-refractivity contribution in [1.82, 2.24) is 26.8 Å². The van der Waals surface area contributed by atoms with E-state index in [0.717, 1.165) is 25.0 Å². The number of aliphatic hydroxyl groups excluding tert-OH is 4. The molecule has 20 nitrogen and oxygen atoms in total. The number of aromatic nitrogens is 3. The van der Waals surface area contributed by atoms with Crippen LogP contribution in [-0.2, 0) is 19.1 Å². The molecule has 2 aromatic heterocycles. The van der Waals surface area contributed by atoms with Gasteiger partial charge in [-0.25, -0.2) is 9.97 Å². The Balaban J connectivity index is 0.000000961. The molecule has 4 heterocycles. The van der Waals surface area contributed by atoms with Gasteiger partial charge in [-0.15, -0.1) is 0 Å². The minimum Gasteiger partial charge on any atom is -0.480 e. The average molecular weight is 799 g/mol. The van der Waals surface area contributed by atoms with Gasteiger partial charge in [-0.3, -0.25) is 9.59 Å². The van der Waals surface area contributed by atoms with Gasteiger partial charge in [-0.2, -0.15) is 23.5 Å². The molecule has 0 aromatic carbocycles. The number of nitrogens with zero attached hydrogens (tertiary/aromatic N) is 3. The minimum absolute atomic E-state index is 0. The Labute approximate surface area is 318 Å². The van der Waals surface area contributed by atoms with Crippen LogP contribution in [-0.4, -0.2) is 148 Å². The van der Waals surface area contributed by atoms with Crippen molar-refractivity contribution in [2.24, 2.45) is 28.9 Å². The molecule has 0 spiro atoms. The first kappa shape index (κ1) is 50.6. The predicted octanol–water partition coefficient (Wildman–Crippen LogP) is -0.740. The number of carboxylic acid groups (broad SMARTS) is 2. The lowest BCUT2D eigenvalue weighted by Gasteiger charge is -2.17. The molecule has 2 aliphatic rings. The maximum Gasteiger partial charge on any atom is 0.320 e. The summed E-state index contributed by atoms with van der Waals surface area (Å²) in [7, 11) is 0. The van der Waals surface area contributed by atoms with E-state index in [9.17, 15) is 30.0 Å². The summed E-state index contributed by atoms with van der Waals surface area (Å²) in [5.74, 6) is 1.19. The highest BCUT2D eigenvalue weighted by Crippen LogP contribution is 2.34. The fraction of sp³-hybridized carbons (Fsp3) is 0.742. The van der Waals surface area contributed by atoms with E-state index in [2.05, 4.69) is 36.1 Å². The number of ether oxygens (including phenoxy) is 2. The SMILES string of the molecule is CC(C)CN.CCCNc1nccc2c1ncn2C1OC(CSCCC(N)C(=O)O)C(O)C1O.N.N.NC(CCSCC1OC(N)C(O)C1O)C(=O)O. The summed E-state index contributed by atoms with van der Waals surface area (Å²) < 4.78 is 12.8. The Hall–Kier alpha value is -2.42.